The van der Waals surface area contributed by atoms with Crippen LogP contribution in [0, 0.1) is 5.92 Å². The molecular weight excluding hydrogens is 182 g/mol. The van der Waals surface area contributed by atoms with Crippen molar-refractivity contribution in [1.82, 2.24) is 5.32 Å². The molecule has 0 aromatic heterocycles. The molecule has 1 saturated carbocycles. The average Bonchev–Trinajstić information content (AvgIpc) is 2.48. The van der Waals surface area contributed by atoms with Crippen molar-refractivity contribution >= 4 is 11.8 Å². The first-order chi connectivity index (χ1) is 6.29. The number of hydrogen-bond acceptors (Lipinski definition) is 3. The summed E-state index contributed by atoms with van der Waals surface area (Å²) in [6.07, 6.45) is 2.70. The first-order valence-corrected chi connectivity index (χ1v) is 6.12. The normalized spacial score (nSPS) is 33.9. The second-order valence-corrected chi connectivity index (χ2v) is 5.08. The van der Waals surface area contributed by atoms with Crippen molar-refractivity contribution in [2.24, 2.45) is 5.92 Å². The molecule has 0 radical (unpaired) electrons. The van der Waals surface area contributed by atoms with E-state index in [4.69, 9.17) is 4.74 Å². The van der Waals surface area contributed by atoms with Crippen LogP contribution >= 0.6 is 11.8 Å². The van der Waals surface area contributed by atoms with Gasteiger partial charge in [-0.2, -0.15) is 11.8 Å². The van der Waals surface area contributed by atoms with E-state index >= 15 is 0 Å². The highest BCUT2D eigenvalue weighted by atomic mass is 32.2. The van der Waals surface area contributed by atoms with Gasteiger partial charge in [-0.05, 0) is 25.8 Å². The molecule has 0 amide bonds. The maximum absolute atomic E-state index is 5.05. The fourth-order valence-corrected chi connectivity index (χ4v) is 3.42. The summed E-state index contributed by atoms with van der Waals surface area (Å²) in [6.45, 7) is 3.25. The van der Waals surface area contributed by atoms with Crippen LogP contribution in [0.1, 0.15) is 19.8 Å². The number of hydrogen-bond donors (Lipinski definition) is 1. The fraction of sp³-hybridized carbons (Fsp3) is 1.00. The van der Waals surface area contributed by atoms with Gasteiger partial charge in [0.05, 0.1) is 6.61 Å². The lowest BCUT2D eigenvalue weighted by molar-refractivity contribution is 0.218. The van der Waals surface area contributed by atoms with Crippen molar-refractivity contribution in [3.63, 3.8) is 0 Å². The Morgan fingerprint density at radius 3 is 2.77 bits per heavy atom. The van der Waals surface area contributed by atoms with Gasteiger partial charge in [0.25, 0.3) is 0 Å². The van der Waals surface area contributed by atoms with Crippen LogP contribution in [0.5, 0.6) is 0 Å². The molecule has 1 aliphatic carbocycles. The zero-order valence-electron chi connectivity index (χ0n) is 8.88. The molecule has 1 N–H and O–H groups in total. The summed E-state index contributed by atoms with van der Waals surface area (Å²) in [5.74, 6) is 1.95. The van der Waals surface area contributed by atoms with Gasteiger partial charge in [0.2, 0.25) is 0 Å². The Hall–Kier alpha value is 0.270. The van der Waals surface area contributed by atoms with E-state index in [9.17, 15) is 0 Å². The molecule has 0 bridgehead atoms. The van der Waals surface area contributed by atoms with E-state index in [1.807, 2.05) is 0 Å². The highest BCUT2D eigenvalue weighted by molar-refractivity contribution is 7.99. The van der Waals surface area contributed by atoms with Gasteiger partial charge in [-0.15, -0.1) is 0 Å². The molecule has 78 valence electrons. The smallest absolute Gasteiger partial charge is 0.0553 e. The third-order valence-corrected chi connectivity index (χ3v) is 4.47. The van der Waals surface area contributed by atoms with Gasteiger partial charge in [-0.25, -0.2) is 0 Å². The third-order valence-electron chi connectivity index (χ3n) is 2.97. The number of thioether (sulfide) groups is 1. The molecule has 0 aromatic carbocycles. The summed E-state index contributed by atoms with van der Waals surface area (Å²) in [5.41, 5.74) is 0. The second kappa shape index (κ2) is 5.89. The van der Waals surface area contributed by atoms with E-state index in [1.54, 1.807) is 7.11 Å². The third kappa shape index (κ3) is 3.15. The molecule has 0 spiro atoms. The van der Waals surface area contributed by atoms with Crippen molar-refractivity contribution in [2.45, 2.75) is 31.1 Å². The van der Waals surface area contributed by atoms with Gasteiger partial charge in [-0.1, -0.05) is 6.92 Å². The molecule has 3 unspecified atom stereocenters. The van der Waals surface area contributed by atoms with Gasteiger partial charge < -0.3 is 10.1 Å². The molecule has 0 aliphatic heterocycles. The van der Waals surface area contributed by atoms with Crippen LogP contribution in [0.15, 0.2) is 0 Å². The zero-order chi connectivity index (χ0) is 9.68. The lowest BCUT2D eigenvalue weighted by Crippen LogP contribution is -2.30. The molecule has 0 heterocycles. The Labute approximate surface area is 85.8 Å². The standard InChI is InChI=1S/C10H21NOS/c1-8-9(11-2)4-5-10(8)13-7-6-12-3/h8-11H,4-7H2,1-3H3. The molecule has 13 heavy (non-hydrogen) atoms. The molecule has 0 saturated heterocycles. The van der Waals surface area contributed by atoms with Gasteiger partial charge in [0.15, 0.2) is 0 Å². The highest BCUT2D eigenvalue weighted by Crippen LogP contribution is 2.34. The minimum atomic E-state index is 0.736. The molecule has 1 fully saturated rings. The summed E-state index contributed by atoms with van der Waals surface area (Å²) >= 11 is 2.07. The van der Waals surface area contributed by atoms with Crippen molar-refractivity contribution < 1.29 is 4.74 Å². The van der Waals surface area contributed by atoms with Crippen LogP contribution in [-0.2, 0) is 4.74 Å². The van der Waals surface area contributed by atoms with Crippen LogP contribution in [0.2, 0.25) is 0 Å². The molecule has 1 aliphatic rings. The van der Waals surface area contributed by atoms with Gasteiger partial charge in [0.1, 0.15) is 0 Å². The Balaban J connectivity index is 2.20. The minimum absolute atomic E-state index is 0.736. The molecule has 2 nitrogen and oxygen atoms in total. The Bertz CT molecular complexity index is 143. The highest BCUT2D eigenvalue weighted by Gasteiger charge is 2.31. The lowest BCUT2D eigenvalue weighted by atomic mass is 10.1. The van der Waals surface area contributed by atoms with Gasteiger partial charge in [-0.3, -0.25) is 0 Å². The largest absolute Gasteiger partial charge is 0.384 e. The Kier molecular flexibility index (Phi) is 5.14. The van der Waals surface area contributed by atoms with E-state index < -0.39 is 0 Å². The zero-order valence-corrected chi connectivity index (χ0v) is 9.69. The summed E-state index contributed by atoms with van der Waals surface area (Å²) in [4.78, 5) is 0. The van der Waals surface area contributed by atoms with E-state index in [2.05, 4.69) is 31.1 Å². The lowest BCUT2D eigenvalue weighted by Gasteiger charge is -2.19. The van der Waals surface area contributed by atoms with Crippen LogP contribution in [-0.4, -0.2) is 37.8 Å². The number of methoxy groups -OCH3 is 1. The van der Waals surface area contributed by atoms with Gasteiger partial charge >= 0.3 is 0 Å². The maximum atomic E-state index is 5.05. The predicted molar refractivity (Wildman–Crippen MR) is 59.4 cm³/mol. The first-order valence-electron chi connectivity index (χ1n) is 5.07. The van der Waals surface area contributed by atoms with Crippen molar-refractivity contribution in [3.05, 3.63) is 0 Å². The predicted octanol–water partition coefficient (Wildman–Crippen LogP) is 1.75. The number of nitrogens with one attached hydrogen (secondary N) is 1. The van der Waals surface area contributed by atoms with Crippen LogP contribution in [0.3, 0.4) is 0 Å². The summed E-state index contributed by atoms with van der Waals surface area (Å²) in [5, 5.41) is 4.23. The monoisotopic (exact) mass is 203 g/mol. The molecule has 3 heteroatoms. The SMILES string of the molecule is CNC1CCC(SCCOC)C1C. The van der Waals surface area contributed by atoms with Crippen LogP contribution < -0.4 is 5.32 Å². The first kappa shape index (κ1) is 11.3. The van der Waals surface area contributed by atoms with Crippen molar-refractivity contribution in [2.75, 3.05) is 26.5 Å². The van der Waals surface area contributed by atoms with E-state index in [-0.39, 0.29) is 0 Å². The van der Waals surface area contributed by atoms with Crippen molar-refractivity contribution in [1.29, 1.82) is 0 Å². The summed E-state index contributed by atoms with van der Waals surface area (Å²) < 4.78 is 5.05. The molecule has 1 rings (SSSR count). The minimum Gasteiger partial charge on any atom is -0.384 e. The Morgan fingerprint density at radius 2 is 2.23 bits per heavy atom. The number of ether oxygens (including phenoxy) is 1. The van der Waals surface area contributed by atoms with Crippen LogP contribution in [0.4, 0.5) is 0 Å². The fourth-order valence-electron chi connectivity index (χ4n) is 2.05. The summed E-state index contributed by atoms with van der Waals surface area (Å²) in [7, 11) is 3.85. The second-order valence-electron chi connectivity index (χ2n) is 3.73. The van der Waals surface area contributed by atoms with Crippen molar-refractivity contribution in [3.8, 4) is 0 Å². The average molecular weight is 203 g/mol. The molecule has 3 atom stereocenters. The topological polar surface area (TPSA) is 21.3 Å². The molecule has 0 aromatic rings. The summed E-state index contributed by atoms with van der Waals surface area (Å²) in [6, 6.07) is 0.736. The van der Waals surface area contributed by atoms with E-state index in [1.165, 1.54) is 12.8 Å². The van der Waals surface area contributed by atoms with E-state index in [0.717, 1.165) is 29.6 Å². The maximum Gasteiger partial charge on any atom is 0.0553 e. The Morgan fingerprint density at radius 1 is 1.46 bits per heavy atom. The van der Waals surface area contributed by atoms with Crippen LogP contribution in [0.25, 0.3) is 0 Å². The quantitative estimate of drug-likeness (QED) is 0.688. The molecular formula is C10H21NOS. The van der Waals surface area contributed by atoms with Gasteiger partial charge in [0, 0.05) is 24.2 Å². The number of rotatable bonds is 5. The van der Waals surface area contributed by atoms with E-state index in [0.29, 0.717) is 0 Å².